The Morgan fingerprint density at radius 1 is 1.12 bits per heavy atom. The summed E-state index contributed by atoms with van der Waals surface area (Å²) in [5.74, 6) is 1.66. The fourth-order valence-corrected chi connectivity index (χ4v) is 2.42. The summed E-state index contributed by atoms with van der Waals surface area (Å²) < 4.78 is 11.0. The van der Waals surface area contributed by atoms with Crippen LogP contribution in [-0.4, -0.2) is 13.2 Å². The highest BCUT2D eigenvalue weighted by molar-refractivity contribution is 7.07. The summed E-state index contributed by atoms with van der Waals surface area (Å²) in [6.07, 6.45) is 0. The van der Waals surface area contributed by atoms with Gasteiger partial charge >= 0.3 is 0 Å². The standard InChI is InChI=1S/C13H13NO2S/c1-2-12-13(16-5-4-15-12)7-11(1)14-8-10-3-6-17-9-10/h1-3,6-7,9,14H,4-5,8H2. The Labute approximate surface area is 104 Å². The molecule has 0 saturated carbocycles. The van der Waals surface area contributed by atoms with Gasteiger partial charge in [-0.15, -0.1) is 0 Å². The number of nitrogens with one attached hydrogen (secondary N) is 1. The molecule has 0 bridgehead atoms. The smallest absolute Gasteiger partial charge is 0.163 e. The molecule has 2 aromatic rings. The van der Waals surface area contributed by atoms with Crippen LogP contribution in [-0.2, 0) is 6.54 Å². The minimum atomic E-state index is 0.626. The van der Waals surface area contributed by atoms with Crippen molar-refractivity contribution < 1.29 is 9.47 Å². The fourth-order valence-electron chi connectivity index (χ4n) is 1.75. The van der Waals surface area contributed by atoms with Crippen molar-refractivity contribution in [3.05, 3.63) is 40.6 Å². The van der Waals surface area contributed by atoms with Crippen LogP contribution in [0.5, 0.6) is 11.5 Å². The van der Waals surface area contributed by atoms with Crippen LogP contribution in [0, 0.1) is 0 Å². The monoisotopic (exact) mass is 247 g/mol. The number of ether oxygens (including phenoxy) is 2. The van der Waals surface area contributed by atoms with E-state index in [0.717, 1.165) is 23.7 Å². The van der Waals surface area contributed by atoms with Crippen molar-refractivity contribution in [2.24, 2.45) is 0 Å². The van der Waals surface area contributed by atoms with E-state index >= 15 is 0 Å². The lowest BCUT2D eigenvalue weighted by Gasteiger charge is -2.19. The largest absolute Gasteiger partial charge is 0.486 e. The number of hydrogen-bond donors (Lipinski definition) is 1. The number of fused-ring (bicyclic) bond motifs is 1. The number of anilines is 1. The molecule has 2 heterocycles. The minimum Gasteiger partial charge on any atom is -0.486 e. The fraction of sp³-hybridized carbons (Fsp3) is 0.231. The first-order valence-corrected chi connectivity index (χ1v) is 6.51. The maximum absolute atomic E-state index is 5.54. The molecule has 3 nitrogen and oxygen atoms in total. The molecule has 1 aromatic heterocycles. The van der Waals surface area contributed by atoms with Crippen LogP contribution in [0.1, 0.15) is 5.56 Å². The summed E-state index contributed by atoms with van der Waals surface area (Å²) in [5.41, 5.74) is 2.35. The zero-order valence-electron chi connectivity index (χ0n) is 9.31. The average Bonchev–Trinajstić information content (AvgIpc) is 2.89. The molecule has 0 unspecified atom stereocenters. The van der Waals surface area contributed by atoms with Crippen LogP contribution in [0.25, 0.3) is 0 Å². The zero-order chi connectivity index (χ0) is 11.5. The van der Waals surface area contributed by atoms with Gasteiger partial charge in [0.05, 0.1) is 0 Å². The summed E-state index contributed by atoms with van der Waals surface area (Å²) in [7, 11) is 0. The highest BCUT2D eigenvalue weighted by Gasteiger charge is 2.11. The molecule has 1 aliphatic rings. The number of rotatable bonds is 3. The van der Waals surface area contributed by atoms with Crippen LogP contribution in [0.3, 0.4) is 0 Å². The summed E-state index contributed by atoms with van der Waals surface area (Å²) in [5, 5.41) is 7.60. The van der Waals surface area contributed by atoms with Gasteiger partial charge in [0.2, 0.25) is 0 Å². The minimum absolute atomic E-state index is 0.626. The van der Waals surface area contributed by atoms with Gasteiger partial charge in [-0.1, -0.05) is 0 Å². The Morgan fingerprint density at radius 2 is 2.00 bits per heavy atom. The molecule has 0 fully saturated rings. The van der Waals surface area contributed by atoms with Crippen LogP contribution in [0.15, 0.2) is 35.0 Å². The molecule has 88 valence electrons. The third-order valence-corrected chi connectivity index (χ3v) is 3.35. The van der Waals surface area contributed by atoms with E-state index < -0.39 is 0 Å². The van der Waals surface area contributed by atoms with Crippen molar-refractivity contribution in [2.45, 2.75) is 6.54 Å². The van der Waals surface area contributed by atoms with Gasteiger partial charge in [-0.25, -0.2) is 0 Å². The van der Waals surface area contributed by atoms with E-state index in [9.17, 15) is 0 Å². The van der Waals surface area contributed by atoms with E-state index in [0.29, 0.717) is 13.2 Å². The third kappa shape index (κ3) is 2.36. The third-order valence-electron chi connectivity index (χ3n) is 2.62. The van der Waals surface area contributed by atoms with Crippen molar-refractivity contribution in [3.8, 4) is 11.5 Å². The Kier molecular flexibility index (Phi) is 2.88. The molecule has 17 heavy (non-hydrogen) atoms. The first kappa shape index (κ1) is 10.5. The lowest BCUT2D eigenvalue weighted by molar-refractivity contribution is 0.171. The first-order chi connectivity index (χ1) is 8.42. The van der Waals surface area contributed by atoms with Gasteiger partial charge in [-0.2, -0.15) is 11.3 Å². The summed E-state index contributed by atoms with van der Waals surface area (Å²) >= 11 is 1.71. The Balaban J connectivity index is 1.71. The maximum atomic E-state index is 5.54. The molecule has 0 amide bonds. The second-order valence-electron chi connectivity index (χ2n) is 3.84. The first-order valence-electron chi connectivity index (χ1n) is 5.56. The van der Waals surface area contributed by atoms with Crippen molar-refractivity contribution in [2.75, 3.05) is 18.5 Å². The van der Waals surface area contributed by atoms with Crippen LogP contribution < -0.4 is 14.8 Å². The van der Waals surface area contributed by atoms with Crippen molar-refractivity contribution >= 4 is 17.0 Å². The lowest BCUT2D eigenvalue weighted by Crippen LogP contribution is -2.15. The van der Waals surface area contributed by atoms with Gasteiger partial charge in [0.15, 0.2) is 11.5 Å². The van der Waals surface area contributed by atoms with E-state index in [4.69, 9.17) is 9.47 Å². The van der Waals surface area contributed by atoms with Crippen molar-refractivity contribution in [1.29, 1.82) is 0 Å². The topological polar surface area (TPSA) is 30.5 Å². The van der Waals surface area contributed by atoms with E-state index in [1.54, 1.807) is 11.3 Å². The molecule has 1 aromatic carbocycles. The van der Waals surface area contributed by atoms with E-state index in [1.165, 1.54) is 5.56 Å². The lowest BCUT2D eigenvalue weighted by atomic mass is 10.2. The molecular weight excluding hydrogens is 234 g/mol. The van der Waals surface area contributed by atoms with E-state index in [-0.39, 0.29) is 0 Å². The molecule has 0 saturated heterocycles. The molecule has 3 rings (SSSR count). The van der Waals surface area contributed by atoms with Gasteiger partial charge in [-0.3, -0.25) is 0 Å². The second kappa shape index (κ2) is 4.67. The van der Waals surface area contributed by atoms with Crippen LogP contribution in [0.2, 0.25) is 0 Å². The summed E-state index contributed by atoms with van der Waals surface area (Å²) in [6, 6.07) is 8.07. The van der Waals surface area contributed by atoms with Gasteiger partial charge in [0.1, 0.15) is 13.2 Å². The van der Waals surface area contributed by atoms with Crippen molar-refractivity contribution in [3.63, 3.8) is 0 Å². The van der Waals surface area contributed by atoms with Gasteiger partial charge < -0.3 is 14.8 Å². The van der Waals surface area contributed by atoms with Crippen LogP contribution in [0.4, 0.5) is 5.69 Å². The maximum Gasteiger partial charge on any atom is 0.163 e. The van der Waals surface area contributed by atoms with E-state index in [1.807, 2.05) is 18.2 Å². The molecule has 1 aliphatic heterocycles. The second-order valence-corrected chi connectivity index (χ2v) is 4.62. The van der Waals surface area contributed by atoms with Crippen LogP contribution >= 0.6 is 11.3 Å². The highest BCUT2D eigenvalue weighted by atomic mass is 32.1. The molecule has 4 heteroatoms. The van der Waals surface area contributed by atoms with Gasteiger partial charge in [-0.05, 0) is 34.5 Å². The zero-order valence-corrected chi connectivity index (χ0v) is 10.1. The number of benzene rings is 1. The predicted octanol–water partition coefficient (Wildman–Crippen LogP) is 3.13. The predicted molar refractivity (Wildman–Crippen MR) is 69.1 cm³/mol. The van der Waals surface area contributed by atoms with E-state index in [2.05, 4.69) is 22.1 Å². The number of hydrogen-bond acceptors (Lipinski definition) is 4. The van der Waals surface area contributed by atoms with Gasteiger partial charge in [0.25, 0.3) is 0 Å². The Morgan fingerprint density at radius 3 is 2.82 bits per heavy atom. The average molecular weight is 247 g/mol. The SMILES string of the molecule is c1cc(CNc2ccc3c(c2)OCCO3)cs1. The summed E-state index contributed by atoms with van der Waals surface area (Å²) in [6.45, 7) is 2.10. The Bertz CT molecular complexity index is 496. The molecule has 0 aliphatic carbocycles. The number of thiophene rings is 1. The molecule has 0 atom stereocenters. The van der Waals surface area contributed by atoms with Gasteiger partial charge in [0, 0.05) is 18.3 Å². The molecular formula is C13H13NO2S. The molecule has 1 N–H and O–H groups in total. The quantitative estimate of drug-likeness (QED) is 0.904. The summed E-state index contributed by atoms with van der Waals surface area (Å²) in [4.78, 5) is 0. The Hall–Kier alpha value is -1.68. The van der Waals surface area contributed by atoms with Crippen molar-refractivity contribution in [1.82, 2.24) is 0 Å². The normalized spacial score (nSPS) is 13.4. The highest BCUT2D eigenvalue weighted by Crippen LogP contribution is 2.32. The molecule has 0 radical (unpaired) electrons. The molecule has 0 spiro atoms.